The minimum atomic E-state index is 0.699. The first-order chi connectivity index (χ1) is 6.22. The van der Waals surface area contributed by atoms with Crippen LogP contribution in [0.3, 0.4) is 0 Å². The first-order valence-electron chi connectivity index (χ1n) is 3.65. The fourth-order valence-electron chi connectivity index (χ4n) is 1.21. The highest BCUT2D eigenvalue weighted by molar-refractivity contribution is 14.1. The number of benzene rings is 1. The summed E-state index contributed by atoms with van der Waals surface area (Å²) >= 11 is 3.78. The quantitative estimate of drug-likeness (QED) is 0.500. The van der Waals surface area contributed by atoms with Gasteiger partial charge in [-0.15, -0.1) is 11.3 Å². The molecule has 1 heterocycles. The van der Waals surface area contributed by atoms with Crippen LogP contribution in [0.4, 0.5) is 5.69 Å². The summed E-state index contributed by atoms with van der Waals surface area (Å²) in [4.78, 5) is 10.8. The minimum absolute atomic E-state index is 0.699. The van der Waals surface area contributed by atoms with E-state index in [9.17, 15) is 4.79 Å². The van der Waals surface area contributed by atoms with Gasteiger partial charge in [-0.05, 0) is 40.8 Å². The molecule has 0 aliphatic rings. The first kappa shape index (κ1) is 8.96. The van der Waals surface area contributed by atoms with Gasteiger partial charge >= 0.3 is 0 Å². The van der Waals surface area contributed by atoms with Crippen molar-refractivity contribution in [3.8, 4) is 0 Å². The zero-order valence-corrected chi connectivity index (χ0v) is 9.56. The number of hydrogen-bond donors (Lipinski definition) is 1. The van der Waals surface area contributed by atoms with E-state index in [1.165, 1.54) is 0 Å². The average molecular weight is 303 g/mol. The minimum Gasteiger partial charge on any atom is -0.399 e. The highest BCUT2D eigenvalue weighted by atomic mass is 127. The van der Waals surface area contributed by atoms with Crippen molar-refractivity contribution in [1.82, 2.24) is 0 Å². The number of nitrogen functional groups attached to an aromatic ring is 1. The number of nitrogens with two attached hydrogens (primary N) is 1. The summed E-state index contributed by atoms with van der Waals surface area (Å²) in [6.45, 7) is 0. The van der Waals surface area contributed by atoms with Crippen LogP contribution >= 0.6 is 33.9 Å². The molecular weight excluding hydrogens is 297 g/mol. The Bertz CT molecular complexity index is 478. The molecule has 0 atom stereocenters. The number of anilines is 1. The van der Waals surface area contributed by atoms with E-state index in [0.29, 0.717) is 5.69 Å². The number of halogens is 1. The SMILES string of the molecule is Nc1ccc2sc(I)c(C=O)c2c1. The van der Waals surface area contributed by atoms with Gasteiger partial charge in [-0.2, -0.15) is 0 Å². The van der Waals surface area contributed by atoms with Crippen molar-refractivity contribution in [2.24, 2.45) is 0 Å². The van der Waals surface area contributed by atoms with Crippen LogP contribution in [0.2, 0.25) is 0 Å². The Kier molecular flexibility index (Phi) is 2.25. The van der Waals surface area contributed by atoms with E-state index in [1.807, 2.05) is 18.2 Å². The molecule has 0 amide bonds. The molecule has 13 heavy (non-hydrogen) atoms. The molecule has 2 rings (SSSR count). The predicted molar refractivity (Wildman–Crippen MR) is 64.3 cm³/mol. The van der Waals surface area contributed by atoms with Gasteiger partial charge in [0.1, 0.15) is 0 Å². The third-order valence-electron chi connectivity index (χ3n) is 1.82. The van der Waals surface area contributed by atoms with Crippen LogP contribution in [0.1, 0.15) is 10.4 Å². The Labute approximate surface area is 92.9 Å². The van der Waals surface area contributed by atoms with Gasteiger partial charge in [0.05, 0.1) is 2.88 Å². The maximum atomic E-state index is 10.8. The van der Waals surface area contributed by atoms with Crippen molar-refractivity contribution in [3.63, 3.8) is 0 Å². The van der Waals surface area contributed by atoms with Crippen molar-refractivity contribution in [3.05, 3.63) is 26.6 Å². The lowest BCUT2D eigenvalue weighted by atomic mass is 10.2. The molecular formula is C9H6INOS. The molecule has 1 aromatic heterocycles. The lowest BCUT2D eigenvalue weighted by Gasteiger charge is -1.92. The van der Waals surface area contributed by atoms with Crippen LogP contribution < -0.4 is 5.73 Å². The third-order valence-corrected chi connectivity index (χ3v) is 4.04. The summed E-state index contributed by atoms with van der Waals surface area (Å²) in [5.74, 6) is 0. The monoisotopic (exact) mass is 303 g/mol. The summed E-state index contributed by atoms with van der Waals surface area (Å²) in [5.41, 5.74) is 7.10. The molecule has 0 saturated carbocycles. The van der Waals surface area contributed by atoms with Gasteiger partial charge in [0.2, 0.25) is 0 Å². The molecule has 0 aliphatic carbocycles. The van der Waals surface area contributed by atoms with Crippen LogP contribution in [-0.2, 0) is 0 Å². The molecule has 1 aromatic carbocycles. The summed E-state index contributed by atoms with van der Waals surface area (Å²) in [6, 6.07) is 5.64. The van der Waals surface area contributed by atoms with E-state index in [1.54, 1.807) is 11.3 Å². The molecule has 0 aliphatic heterocycles. The van der Waals surface area contributed by atoms with Crippen molar-refractivity contribution >= 4 is 56.0 Å². The number of fused-ring (bicyclic) bond motifs is 1. The summed E-state index contributed by atoms with van der Waals surface area (Å²) < 4.78 is 2.13. The Morgan fingerprint density at radius 3 is 2.92 bits per heavy atom. The lowest BCUT2D eigenvalue weighted by molar-refractivity contribution is 0.112. The number of carbonyl (C=O) groups is 1. The Hall–Kier alpha value is -0.620. The zero-order chi connectivity index (χ0) is 9.42. The maximum Gasteiger partial charge on any atom is 0.152 e. The van der Waals surface area contributed by atoms with Gasteiger partial charge in [-0.25, -0.2) is 0 Å². The Morgan fingerprint density at radius 2 is 2.23 bits per heavy atom. The molecule has 0 unspecified atom stereocenters. The van der Waals surface area contributed by atoms with Crippen LogP contribution in [-0.4, -0.2) is 6.29 Å². The van der Waals surface area contributed by atoms with Gasteiger partial charge in [0, 0.05) is 21.3 Å². The average Bonchev–Trinajstić information content (AvgIpc) is 2.40. The number of hydrogen-bond acceptors (Lipinski definition) is 3. The van der Waals surface area contributed by atoms with Gasteiger partial charge in [0.15, 0.2) is 6.29 Å². The molecule has 2 nitrogen and oxygen atoms in total. The van der Waals surface area contributed by atoms with Gasteiger partial charge in [-0.3, -0.25) is 4.79 Å². The van der Waals surface area contributed by atoms with E-state index >= 15 is 0 Å². The van der Waals surface area contributed by atoms with Crippen LogP contribution in [0.15, 0.2) is 18.2 Å². The highest BCUT2D eigenvalue weighted by Gasteiger charge is 2.08. The first-order valence-corrected chi connectivity index (χ1v) is 5.54. The number of thiophene rings is 1. The molecule has 0 saturated heterocycles. The predicted octanol–water partition coefficient (Wildman–Crippen LogP) is 2.90. The molecule has 0 radical (unpaired) electrons. The van der Waals surface area contributed by atoms with E-state index in [-0.39, 0.29) is 0 Å². The summed E-state index contributed by atoms with van der Waals surface area (Å²) in [5, 5.41) is 0.962. The molecule has 2 N–H and O–H groups in total. The van der Waals surface area contributed by atoms with Crippen LogP contribution in [0.25, 0.3) is 10.1 Å². The molecule has 4 heteroatoms. The van der Waals surface area contributed by atoms with E-state index in [4.69, 9.17) is 5.73 Å². The zero-order valence-electron chi connectivity index (χ0n) is 6.58. The van der Waals surface area contributed by atoms with Crippen molar-refractivity contribution in [1.29, 1.82) is 0 Å². The molecule has 0 spiro atoms. The molecule has 0 bridgehead atoms. The highest BCUT2D eigenvalue weighted by Crippen LogP contribution is 2.32. The standard InChI is InChI=1S/C9H6INOS/c10-9-7(4-12)6-3-5(11)1-2-8(6)13-9/h1-4H,11H2. The second-order valence-corrected chi connectivity index (χ2v) is 5.53. The summed E-state index contributed by atoms with van der Waals surface area (Å²) in [7, 11) is 0. The van der Waals surface area contributed by atoms with Crippen molar-refractivity contribution in [2.75, 3.05) is 5.73 Å². The number of aldehydes is 1. The Balaban J connectivity index is 2.88. The van der Waals surface area contributed by atoms with E-state index in [0.717, 1.165) is 24.8 Å². The fourth-order valence-corrected chi connectivity index (χ4v) is 3.22. The molecule has 2 aromatic rings. The summed E-state index contributed by atoms with van der Waals surface area (Å²) in [6.07, 6.45) is 0.889. The van der Waals surface area contributed by atoms with E-state index in [2.05, 4.69) is 22.6 Å². The van der Waals surface area contributed by atoms with E-state index < -0.39 is 0 Å². The largest absolute Gasteiger partial charge is 0.399 e. The van der Waals surface area contributed by atoms with Crippen LogP contribution in [0.5, 0.6) is 0 Å². The lowest BCUT2D eigenvalue weighted by Crippen LogP contribution is -1.84. The van der Waals surface area contributed by atoms with Gasteiger partial charge in [-0.1, -0.05) is 0 Å². The van der Waals surface area contributed by atoms with Crippen molar-refractivity contribution < 1.29 is 4.79 Å². The number of rotatable bonds is 1. The second-order valence-electron chi connectivity index (χ2n) is 2.66. The smallest absolute Gasteiger partial charge is 0.152 e. The fraction of sp³-hybridized carbons (Fsp3) is 0. The topological polar surface area (TPSA) is 43.1 Å². The van der Waals surface area contributed by atoms with Gasteiger partial charge in [0.25, 0.3) is 0 Å². The van der Waals surface area contributed by atoms with Crippen molar-refractivity contribution in [2.45, 2.75) is 0 Å². The Morgan fingerprint density at radius 1 is 1.46 bits per heavy atom. The molecule has 66 valence electrons. The van der Waals surface area contributed by atoms with Gasteiger partial charge < -0.3 is 5.73 Å². The van der Waals surface area contributed by atoms with Crippen LogP contribution in [0, 0.1) is 2.88 Å². The third kappa shape index (κ3) is 1.44. The second kappa shape index (κ2) is 3.26. The maximum absolute atomic E-state index is 10.8. The molecule has 0 fully saturated rings. The number of carbonyl (C=O) groups excluding carboxylic acids is 1. The normalized spacial score (nSPS) is 10.5.